The van der Waals surface area contributed by atoms with Crippen LogP contribution in [0.1, 0.15) is 25.7 Å². The van der Waals surface area contributed by atoms with E-state index in [-0.39, 0.29) is 17.9 Å². The van der Waals surface area contributed by atoms with Gasteiger partial charge in [0.2, 0.25) is 0 Å². The van der Waals surface area contributed by atoms with Crippen LogP contribution in [0.2, 0.25) is 0 Å². The van der Waals surface area contributed by atoms with Crippen molar-refractivity contribution in [2.45, 2.75) is 25.7 Å². The molecule has 16 heavy (non-hydrogen) atoms. The van der Waals surface area contributed by atoms with E-state index in [9.17, 15) is 5.11 Å². The molecule has 0 amide bonds. The molecule has 4 N–H and O–H groups in total. The summed E-state index contributed by atoms with van der Waals surface area (Å²) < 4.78 is 0. The molecule has 1 aliphatic heterocycles. The van der Waals surface area contributed by atoms with Crippen molar-refractivity contribution in [3.8, 4) is 0 Å². The maximum Gasteiger partial charge on any atom is 0.153 e. The van der Waals surface area contributed by atoms with Gasteiger partial charge in [-0.15, -0.1) is 0 Å². The first-order valence-electron chi connectivity index (χ1n) is 6.00. The number of rotatable bonds is 3. The van der Waals surface area contributed by atoms with Crippen LogP contribution in [0.5, 0.6) is 0 Å². The summed E-state index contributed by atoms with van der Waals surface area (Å²) in [7, 11) is 0. The molecule has 0 radical (unpaired) electrons. The molecule has 2 fully saturated rings. The van der Waals surface area contributed by atoms with Crippen molar-refractivity contribution in [3.63, 3.8) is 0 Å². The number of aliphatic hydroxyl groups excluding tert-OH is 1. The molecule has 5 nitrogen and oxygen atoms in total. The van der Waals surface area contributed by atoms with Crippen LogP contribution in [0.3, 0.4) is 0 Å². The molecule has 1 saturated carbocycles. The second-order valence-electron chi connectivity index (χ2n) is 5.22. The van der Waals surface area contributed by atoms with Gasteiger partial charge in [0.1, 0.15) is 0 Å². The quantitative estimate of drug-likeness (QED) is 0.279. The number of hydrogen-bond acceptors (Lipinski definition) is 4. The number of nitrogens with zero attached hydrogens (tertiary/aromatic N) is 2. The van der Waals surface area contributed by atoms with E-state index in [1.807, 2.05) is 0 Å². The molecule has 0 aromatic heterocycles. The fraction of sp³-hybridized carbons (Fsp3) is 0.909. The van der Waals surface area contributed by atoms with Gasteiger partial charge in [-0.1, -0.05) is 18.0 Å². The third kappa shape index (κ3) is 2.01. The Balaban J connectivity index is 2.02. The van der Waals surface area contributed by atoms with Crippen LogP contribution in [0.4, 0.5) is 0 Å². The molecule has 2 atom stereocenters. The third-order valence-electron chi connectivity index (χ3n) is 4.19. The lowest BCUT2D eigenvalue weighted by atomic mass is 9.69. The summed E-state index contributed by atoms with van der Waals surface area (Å²) >= 11 is 0. The topological polar surface area (TPSA) is 82.1 Å². The van der Waals surface area contributed by atoms with Crippen molar-refractivity contribution in [3.05, 3.63) is 0 Å². The minimum atomic E-state index is 0.0774. The van der Waals surface area contributed by atoms with Crippen molar-refractivity contribution in [2.75, 3.05) is 26.2 Å². The van der Waals surface area contributed by atoms with Crippen LogP contribution in [0.15, 0.2) is 5.16 Å². The first-order chi connectivity index (χ1) is 7.70. The second kappa shape index (κ2) is 4.59. The summed E-state index contributed by atoms with van der Waals surface area (Å²) in [6.07, 6.45) is 4.80. The van der Waals surface area contributed by atoms with E-state index in [1.165, 1.54) is 19.3 Å². The predicted octanol–water partition coefficient (Wildman–Crippen LogP) is 0.217. The molecule has 1 aliphatic carbocycles. The van der Waals surface area contributed by atoms with Gasteiger partial charge in [-0.25, -0.2) is 0 Å². The molecule has 5 heteroatoms. The third-order valence-corrected chi connectivity index (χ3v) is 4.19. The van der Waals surface area contributed by atoms with Crippen LogP contribution in [0.25, 0.3) is 0 Å². The largest absolute Gasteiger partial charge is 0.409 e. The lowest BCUT2D eigenvalue weighted by Gasteiger charge is -2.36. The highest BCUT2D eigenvalue weighted by Crippen LogP contribution is 2.46. The van der Waals surface area contributed by atoms with Crippen LogP contribution < -0.4 is 5.73 Å². The van der Waals surface area contributed by atoms with Gasteiger partial charge in [0.05, 0.1) is 13.2 Å². The second-order valence-corrected chi connectivity index (χ2v) is 5.22. The molecule has 92 valence electrons. The normalized spacial score (nSPS) is 36.3. The number of oxime groups is 1. The zero-order valence-corrected chi connectivity index (χ0v) is 9.60. The van der Waals surface area contributed by atoms with Gasteiger partial charge >= 0.3 is 0 Å². The summed E-state index contributed by atoms with van der Waals surface area (Å²) in [5.41, 5.74) is 5.60. The van der Waals surface area contributed by atoms with Crippen molar-refractivity contribution in [2.24, 2.45) is 22.2 Å². The minimum absolute atomic E-state index is 0.0774. The maximum absolute atomic E-state index is 9.62. The molecule has 0 spiro atoms. The monoisotopic (exact) mass is 227 g/mol. The van der Waals surface area contributed by atoms with Crippen molar-refractivity contribution in [1.29, 1.82) is 0 Å². The zero-order chi connectivity index (χ0) is 11.6. The molecule has 0 aromatic rings. The molecule has 0 unspecified atom stereocenters. The molecule has 2 aliphatic rings. The molecule has 2 rings (SSSR count). The number of nitrogens with two attached hydrogens (primary N) is 1. The Hall–Kier alpha value is -0.810. The minimum Gasteiger partial charge on any atom is -0.409 e. The van der Waals surface area contributed by atoms with Crippen LogP contribution in [-0.4, -0.2) is 47.3 Å². The first kappa shape index (κ1) is 11.7. The number of likely N-dealkylation sites (tertiary alicyclic amines) is 1. The van der Waals surface area contributed by atoms with E-state index >= 15 is 0 Å². The van der Waals surface area contributed by atoms with Gasteiger partial charge in [0.15, 0.2) is 5.84 Å². The van der Waals surface area contributed by atoms with Gasteiger partial charge in [-0.2, -0.15) is 0 Å². The Morgan fingerprint density at radius 2 is 2.31 bits per heavy atom. The highest BCUT2D eigenvalue weighted by molar-refractivity contribution is 5.81. The molecule has 1 heterocycles. The molecular weight excluding hydrogens is 206 g/mol. The van der Waals surface area contributed by atoms with Gasteiger partial charge in [-0.05, 0) is 18.8 Å². The summed E-state index contributed by atoms with van der Waals surface area (Å²) in [6.45, 7) is 2.63. The van der Waals surface area contributed by atoms with Crippen LogP contribution in [0, 0.1) is 11.3 Å². The highest BCUT2D eigenvalue weighted by atomic mass is 16.4. The van der Waals surface area contributed by atoms with E-state index in [4.69, 9.17) is 10.9 Å². The Kier molecular flexibility index (Phi) is 3.35. The smallest absolute Gasteiger partial charge is 0.153 e. The fourth-order valence-corrected chi connectivity index (χ4v) is 3.33. The Morgan fingerprint density at radius 1 is 1.50 bits per heavy atom. The molecule has 1 saturated heterocycles. The van der Waals surface area contributed by atoms with E-state index in [0.29, 0.717) is 12.5 Å². The Bertz CT molecular complexity index is 282. The lowest BCUT2D eigenvalue weighted by Crippen LogP contribution is -2.38. The summed E-state index contributed by atoms with van der Waals surface area (Å²) in [6, 6.07) is 0. The summed E-state index contributed by atoms with van der Waals surface area (Å²) in [5.74, 6) is 0.837. The lowest BCUT2D eigenvalue weighted by molar-refractivity contribution is 0.0588. The van der Waals surface area contributed by atoms with E-state index in [1.54, 1.807) is 0 Å². The van der Waals surface area contributed by atoms with Gasteiger partial charge in [0, 0.05) is 18.5 Å². The highest BCUT2D eigenvalue weighted by Gasteiger charge is 2.46. The predicted molar refractivity (Wildman–Crippen MR) is 61.3 cm³/mol. The molecule has 0 aromatic carbocycles. The average molecular weight is 227 g/mol. The Labute approximate surface area is 95.9 Å². The van der Waals surface area contributed by atoms with E-state index in [2.05, 4.69) is 10.1 Å². The number of fused-ring (bicyclic) bond motifs is 1. The maximum atomic E-state index is 9.62. The Morgan fingerprint density at radius 3 is 2.94 bits per heavy atom. The van der Waals surface area contributed by atoms with Gasteiger partial charge < -0.3 is 16.0 Å². The molecular formula is C11H21N3O2. The zero-order valence-electron chi connectivity index (χ0n) is 9.60. The molecule has 0 bridgehead atoms. The summed E-state index contributed by atoms with van der Waals surface area (Å²) in [5, 5.41) is 21.2. The van der Waals surface area contributed by atoms with Crippen LogP contribution in [-0.2, 0) is 0 Å². The standard InChI is InChI=1S/C11H21N3O2/c12-10(13-16)6-14-5-9-3-1-2-4-11(9,7-14)8-15/h9,15-16H,1-8H2,(H2,12,13)/t9-,11+/m0/s1. The van der Waals surface area contributed by atoms with E-state index < -0.39 is 0 Å². The van der Waals surface area contributed by atoms with Gasteiger partial charge in [-0.3, -0.25) is 4.90 Å². The number of hydrogen-bond donors (Lipinski definition) is 3. The van der Waals surface area contributed by atoms with Crippen molar-refractivity contribution < 1.29 is 10.3 Å². The first-order valence-corrected chi connectivity index (χ1v) is 6.00. The van der Waals surface area contributed by atoms with Crippen molar-refractivity contribution in [1.82, 2.24) is 4.90 Å². The van der Waals surface area contributed by atoms with Crippen molar-refractivity contribution >= 4 is 5.84 Å². The average Bonchev–Trinajstić information content (AvgIpc) is 2.67. The van der Waals surface area contributed by atoms with Gasteiger partial charge in [0.25, 0.3) is 0 Å². The van der Waals surface area contributed by atoms with Crippen LogP contribution >= 0.6 is 0 Å². The SMILES string of the molecule is NC(CN1C[C@@H]2CCCC[C@]2(CO)C1)=NO. The number of amidine groups is 1. The fourth-order valence-electron chi connectivity index (χ4n) is 3.33. The summed E-state index contributed by atoms with van der Waals surface area (Å²) in [4.78, 5) is 2.20. The van der Waals surface area contributed by atoms with E-state index in [0.717, 1.165) is 19.5 Å². The number of aliphatic hydroxyl groups is 1.